The third-order valence-corrected chi connectivity index (χ3v) is 4.53. The van der Waals surface area contributed by atoms with Crippen molar-refractivity contribution in [3.05, 3.63) is 55.9 Å². The number of benzene rings is 2. The highest BCUT2D eigenvalue weighted by Gasteiger charge is 2.16. The van der Waals surface area contributed by atoms with Crippen molar-refractivity contribution >= 4 is 51.5 Å². The zero-order valence-corrected chi connectivity index (χ0v) is 17.2. The standard InChI is InChI=1S/C18H19ClFIN2O3/c1-10-7-12(21)3-4-16(10)22-17-9-15(20)14(19)8-13(17)18(25)23-26-6-5-11(2)24/h3-4,7-9,11,22,24H,5-6H2,1-2H3,(H,23,25). The van der Waals surface area contributed by atoms with Crippen LogP contribution in [0.4, 0.5) is 15.8 Å². The summed E-state index contributed by atoms with van der Waals surface area (Å²) in [4.78, 5) is 17.4. The number of aliphatic hydroxyl groups excluding tert-OH is 1. The molecule has 2 aromatic carbocycles. The van der Waals surface area contributed by atoms with E-state index in [1.54, 1.807) is 6.92 Å². The second-order valence-corrected chi connectivity index (χ2v) is 7.47. The first-order chi connectivity index (χ1) is 12.3. The molecule has 5 nitrogen and oxygen atoms in total. The van der Waals surface area contributed by atoms with E-state index in [0.29, 0.717) is 6.42 Å². The number of nitrogens with one attached hydrogen (secondary N) is 2. The first-order valence-corrected chi connectivity index (χ1v) is 9.36. The van der Waals surface area contributed by atoms with Crippen LogP contribution in [0.3, 0.4) is 0 Å². The molecule has 0 aliphatic rings. The van der Waals surface area contributed by atoms with Crippen LogP contribution >= 0.6 is 34.2 Å². The molecule has 0 aromatic heterocycles. The largest absolute Gasteiger partial charge is 0.393 e. The van der Waals surface area contributed by atoms with Gasteiger partial charge in [0.2, 0.25) is 0 Å². The predicted molar refractivity (Wildman–Crippen MR) is 108 cm³/mol. The Bertz CT molecular complexity index is 802. The van der Waals surface area contributed by atoms with Crippen molar-refractivity contribution in [3.63, 3.8) is 0 Å². The van der Waals surface area contributed by atoms with Crippen LogP contribution in [0.2, 0.25) is 5.02 Å². The van der Waals surface area contributed by atoms with Gasteiger partial charge in [0.15, 0.2) is 0 Å². The molecule has 1 unspecified atom stereocenters. The van der Waals surface area contributed by atoms with E-state index in [1.807, 2.05) is 25.1 Å². The average molecular weight is 493 g/mol. The lowest BCUT2D eigenvalue weighted by Gasteiger charge is -2.15. The van der Waals surface area contributed by atoms with Crippen LogP contribution in [-0.2, 0) is 4.84 Å². The fourth-order valence-corrected chi connectivity index (χ4v) is 2.96. The van der Waals surface area contributed by atoms with Crippen LogP contribution in [0, 0.1) is 16.3 Å². The Morgan fingerprint density at radius 3 is 2.73 bits per heavy atom. The lowest BCUT2D eigenvalue weighted by molar-refractivity contribution is 0.0187. The van der Waals surface area contributed by atoms with Gasteiger partial charge in [0.25, 0.3) is 5.91 Å². The Balaban J connectivity index is 2.22. The molecular formula is C18H19ClFIN2O3. The summed E-state index contributed by atoms with van der Waals surface area (Å²) in [6, 6.07) is 8.14. The molecule has 2 rings (SSSR count). The summed E-state index contributed by atoms with van der Waals surface area (Å²) in [6.45, 7) is 3.68. The number of hydrogen-bond acceptors (Lipinski definition) is 4. The maximum absolute atomic E-state index is 13.9. The molecule has 1 atom stereocenters. The van der Waals surface area contributed by atoms with E-state index in [9.17, 15) is 14.3 Å². The number of anilines is 2. The third kappa shape index (κ3) is 5.80. The SMILES string of the molecule is Cc1cc(I)ccc1Nc1cc(F)c(Cl)cc1C(=O)NOCCC(C)O. The van der Waals surface area contributed by atoms with Crippen molar-refractivity contribution in [2.24, 2.45) is 0 Å². The topological polar surface area (TPSA) is 70.6 Å². The third-order valence-electron chi connectivity index (χ3n) is 3.57. The van der Waals surface area contributed by atoms with Gasteiger partial charge in [-0.2, -0.15) is 0 Å². The Labute approximate surface area is 170 Å². The number of aliphatic hydroxyl groups is 1. The molecule has 3 N–H and O–H groups in total. The minimum Gasteiger partial charge on any atom is -0.393 e. The summed E-state index contributed by atoms with van der Waals surface area (Å²) >= 11 is 8.03. The van der Waals surface area contributed by atoms with Crippen molar-refractivity contribution in [3.8, 4) is 0 Å². The number of amides is 1. The zero-order valence-electron chi connectivity index (χ0n) is 14.3. The number of aryl methyl sites for hydroxylation is 1. The average Bonchev–Trinajstić information content (AvgIpc) is 2.56. The summed E-state index contributed by atoms with van der Waals surface area (Å²) in [5.41, 5.74) is 4.39. The van der Waals surface area contributed by atoms with Crippen LogP contribution in [0.15, 0.2) is 30.3 Å². The lowest BCUT2D eigenvalue weighted by Crippen LogP contribution is -2.26. The highest BCUT2D eigenvalue weighted by Crippen LogP contribution is 2.29. The first-order valence-electron chi connectivity index (χ1n) is 7.90. The summed E-state index contributed by atoms with van der Waals surface area (Å²) in [7, 11) is 0. The van der Waals surface area contributed by atoms with Gasteiger partial charge in [0.1, 0.15) is 5.82 Å². The van der Waals surface area contributed by atoms with Gasteiger partial charge < -0.3 is 10.4 Å². The summed E-state index contributed by atoms with van der Waals surface area (Å²) in [5.74, 6) is -1.20. The van der Waals surface area contributed by atoms with E-state index in [1.165, 1.54) is 12.1 Å². The van der Waals surface area contributed by atoms with E-state index in [0.717, 1.165) is 14.8 Å². The van der Waals surface area contributed by atoms with Crippen LogP contribution in [0.5, 0.6) is 0 Å². The molecule has 0 spiro atoms. The Kier molecular flexibility index (Phi) is 7.63. The van der Waals surface area contributed by atoms with Crippen LogP contribution in [0.25, 0.3) is 0 Å². The molecule has 0 bridgehead atoms. The maximum Gasteiger partial charge on any atom is 0.277 e. The van der Waals surface area contributed by atoms with Gasteiger partial charge in [-0.3, -0.25) is 9.63 Å². The minimum atomic E-state index is -0.635. The highest BCUT2D eigenvalue weighted by molar-refractivity contribution is 14.1. The fourth-order valence-electron chi connectivity index (χ4n) is 2.15. The summed E-state index contributed by atoms with van der Waals surface area (Å²) in [6.07, 6.45) is -0.162. The van der Waals surface area contributed by atoms with Crippen molar-refractivity contribution in [1.29, 1.82) is 0 Å². The first kappa shape index (κ1) is 20.9. The van der Waals surface area contributed by atoms with Gasteiger partial charge in [-0.25, -0.2) is 9.87 Å². The number of halogens is 3. The Hall–Kier alpha value is -1.42. The van der Waals surface area contributed by atoms with Gasteiger partial charge in [-0.15, -0.1) is 0 Å². The molecule has 0 fully saturated rings. The molecule has 26 heavy (non-hydrogen) atoms. The molecule has 8 heteroatoms. The van der Waals surface area contributed by atoms with E-state index < -0.39 is 17.8 Å². The molecule has 0 aliphatic heterocycles. The molecule has 140 valence electrons. The lowest BCUT2D eigenvalue weighted by atomic mass is 10.1. The number of carbonyl (C=O) groups excluding carboxylic acids is 1. The van der Waals surface area contributed by atoms with Crippen molar-refractivity contribution in [2.75, 3.05) is 11.9 Å². The van der Waals surface area contributed by atoms with Crippen LogP contribution in [-0.4, -0.2) is 23.7 Å². The molecule has 0 saturated heterocycles. The van der Waals surface area contributed by atoms with Crippen molar-refractivity contribution < 1.29 is 19.1 Å². The quantitative estimate of drug-likeness (QED) is 0.301. The molecular weight excluding hydrogens is 474 g/mol. The molecule has 0 aliphatic carbocycles. The second-order valence-electron chi connectivity index (χ2n) is 5.81. The minimum absolute atomic E-state index is 0.145. The number of rotatable bonds is 7. The Morgan fingerprint density at radius 2 is 2.08 bits per heavy atom. The number of hydroxylamine groups is 1. The summed E-state index contributed by atoms with van der Waals surface area (Å²) in [5, 5.41) is 12.1. The predicted octanol–water partition coefficient (Wildman–Crippen LogP) is 4.57. The molecule has 0 saturated carbocycles. The van der Waals surface area contributed by atoms with E-state index in [4.69, 9.17) is 16.4 Å². The second kappa shape index (κ2) is 9.50. The van der Waals surface area contributed by atoms with E-state index in [-0.39, 0.29) is 22.9 Å². The smallest absolute Gasteiger partial charge is 0.277 e. The van der Waals surface area contributed by atoms with Crippen molar-refractivity contribution in [1.82, 2.24) is 5.48 Å². The van der Waals surface area contributed by atoms with Crippen LogP contribution in [0.1, 0.15) is 29.3 Å². The number of hydrogen-bond donors (Lipinski definition) is 3. The Morgan fingerprint density at radius 1 is 1.35 bits per heavy atom. The normalized spacial score (nSPS) is 11.9. The van der Waals surface area contributed by atoms with Gasteiger partial charge in [-0.05, 0) is 78.8 Å². The fraction of sp³-hybridized carbons (Fsp3) is 0.278. The monoisotopic (exact) mass is 492 g/mol. The number of carbonyl (C=O) groups is 1. The van der Waals surface area contributed by atoms with Crippen molar-refractivity contribution in [2.45, 2.75) is 26.4 Å². The molecule has 0 heterocycles. The zero-order chi connectivity index (χ0) is 19.3. The van der Waals surface area contributed by atoms with Gasteiger partial charge in [0.05, 0.1) is 29.0 Å². The molecule has 0 radical (unpaired) electrons. The van der Waals surface area contributed by atoms with Crippen LogP contribution < -0.4 is 10.8 Å². The van der Waals surface area contributed by atoms with Gasteiger partial charge in [0, 0.05) is 9.26 Å². The molecule has 2 aromatic rings. The van der Waals surface area contributed by atoms with E-state index >= 15 is 0 Å². The van der Waals surface area contributed by atoms with Gasteiger partial charge >= 0.3 is 0 Å². The summed E-state index contributed by atoms with van der Waals surface area (Å²) < 4.78 is 15.0. The van der Waals surface area contributed by atoms with E-state index in [2.05, 4.69) is 33.4 Å². The highest BCUT2D eigenvalue weighted by atomic mass is 127. The maximum atomic E-state index is 13.9. The van der Waals surface area contributed by atoms with Gasteiger partial charge in [-0.1, -0.05) is 11.6 Å². The molecule has 1 amide bonds.